The SMILES string of the molecule is CC/C(=C(/c1ccc(OCCN(C/C(=C/C(=O)N(C)C)c2ccccc2)C(=O)OC(C)(C)C)cc1)c1ccc2c(cnn2C2CCCCO2)c1)c1ccccc1. The lowest BCUT2D eigenvalue weighted by atomic mass is 9.88. The van der Waals surface area contributed by atoms with E-state index >= 15 is 0 Å². The Labute approximate surface area is 331 Å². The summed E-state index contributed by atoms with van der Waals surface area (Å²) in [5.41, 5.74) is 7.67. The summed E-state index contributed by atoms with van der Waals surface area (Å²) in [6.45, 7) is 9.12. The number of fused-ring (bicyclic) bond motifs is 1. The van der Waals surface area contributed by atoms with Gasteiger partial charge in [0.05, 0.1) is 18.3 Å². The minimum Gasteiger partial charge on any atom is -0.492 e. The average Bonchev–Trinajstić information content (AvgIpc) is 3.63. The van der Waals surface area contributed by atoms with Gasteiger partial charge in [0.15, 0.2) is 6.23 Å². The summed E-state index contributed by atoms with van der Waals surface area (Å²) in [4.78, 5) is 29.4. The number of ether oxygens (including phenoxy) is 3. The number of hydrogen-bond donors (Lipinski definition) is 0. The van der Waals surface area contributed by atoms with Crippen molar-refractivity contribution in [3.8, 4) is 5.75 Å². The van der Waals surface area contributed by atoms with Gasteiger partial charge in [0.1, 0.15) is 18.0 Å². The average molecular weight is 755 g/mol. The van der Waals surface area contributed by atoms with Gasteiger partial charge in [0.2, 0.25) is 5.91 Å². The van der Waals surface area contributed by atoms with Gasteiger partial charge in [-0.15, -0.1) is 0 Å². The summed E-state index contributed by atoms with van der Waals surface area (Å²) in [7, 11) is 3.41. The van der Waals surface area contributed by atoms with E-state index in [4.69, 9.17) is 19.3 Å². The highest BCUT2D eigenvalue weighted by Gasteiger charge is 2.24. The lowest BCUT2D eigenvalue weighted by Gasteiger charge is -2.28. The number of aromatic nitrogens is 2. The van der Waals surface area contributed by atoms with Crippen LogP contribution in [0.2, 0.25) is 0 Å². The van der Waals surface area contributed by atoms with Crippen LogP contribution < -0.4 is 4.74 Å². The van der Waals surface area contributed by atoms with Crippen LogP contribution in [0.5, 0.6) is 5.75 Å². The van der Waals surface area contributed by atoms with Crippen LogP contribution >= 0.6 is 0 Å². The molecule has 0 radical (unpaired) electrons. The molecule has 6 rings (SSSR count). The maximum Gasteiger partial charge on any atom is 0.410 e. The zero-order valence-corrected chi connectivity index (χ0v) is 33.5. The summed E-state index contributed by atoms with van der Waals surface area (Å²) in [5.74, 6) is 0.515. The van der Waals surface area contributed by atoms with E-state index in [9.17, 15) is 9.59 Å². The Morgan fingerprint density at radius 2 is 1.55 bits per heavy atom. The quantitative estimate of drug-likeness (QED) is 0.0879. The molecule has 1 unspecified atom stereocenters. The van der Waals surface area contributed by atoms with E-state index in [1.807, 2.05) is 80.2 Å². The fraction of sp³-hybridized carbons (Fsp3) is 0.340. The molecule has 292 valence electrons. The van der Waals surface area contributed by atoms with E-state index in [2.05, 4.69) is 61.5 Å². The number of nitrogens with zero attached hydrogens (tertiary/aromatic N) is 4. The Morgan fingerprint density at radius 3 is 2.18 bits per heavy atom. The lowest BCUT2D eigenvalue weighted by Crippen LogP contribution is -2.40. The standard InChI is InChI=1S/C47H54N4O5/c1-7-41(35-18-12-9-13-19-35)45(37-23-26-42-38(30-37)32-48-51(42)44-20-14-15-28-55-44)36-21-24-40(25-22-36)54-29-27-50(46(53)56-47(2,3)4)33-39(31-43(52)49(5)6)34-16-10-8-11-17-34/h8-13,16-19,21-26,30-32,44H,7,14-15,20,27-29,33H2,1-6H3/b39-31-,45-41+. The Kier molecular flexibility index (Phi) is 13.1. The number of benzene rings is 4. The van der Waals surface area contributed by atoms with Crippen LogP contribution in [0.15, 0.2) is 115 Å². The van der Waals surface area contributed by atoms with Crippen molar-refractivity contribution >= 4 is 39.6 Å². The van der Waals surface area contributed by atoms with Crippen molar-refractivity contribution in [3.05, 3.63) is 138 Å². The van der Waals surface area contributed by atoms with Crippen molar-refractivity contribution < 1.29 is 23.8 Å². The lowest BCUT2D eigenvalue weighted by molar-refractivity contribution is -0.123. The third-order valence-electron chi connectivity index (χ3n) is 9.76. The predicted molar refractivity (Wildman–Crippen MR) is 224 cm³/mol. The second-order valence-corrected chi connectivity index (χ2v) is 15.3. The Hall–Kier alpha value is -5.67. The molecule has 56 heavy (non-hydrogen) atoms. The molecule has 0 aliphatic carbocycles. The van der Waals surface area contributed by atoms with Crippen molar-refractivity contribution in [1.82, 2.24) is 19.6 Å². The monoisotopic (exact) mass is 754 g/mol. The van der Waals surface area contributed by atoms with Crippen molar-refractivity contribution in [2.75, 3.05) is 40.4 Å². The Bertz CT molecular complexity index is 2140. The van der Waals surface area contributed by atoms with Gasteiger partial charge in [-0.25, -0.2) is 9.48 Å². The van der Waals surface area contributed by atoms with Crippen LogP contribution in [-0.4, -0.2) is 77.6 Å². The van der Waals surface area contributed by atoms with Crippen LogP contribution in [0, 0.1) is 0 Å². The smallest absolute Gasteiger partial charge is 0.410 e. The van der Waals surface area contributed by atoms with E-state index in [0.29, 0.717) is 11.3 Å². The highest BCUT2D eigenvalue weighted by Crippen LogP contribution is 2.37. The fourth-order valence-corrected chi connectivity index (χ4v) is 6.94. The normalized spacial score (nSPS) is 15.2. The van der Waals surface area contributed by atoms with E-state index < -0.39 is 11.7 Å². The molecule has 1 fully saturated rings. The predicted octanol–water partition coefficient (Wildman–Crippen LogP) is 9.89. The van der Waals surface area contributed by atoms with Gasteiger partial charge in [0.25, 0.3) is 0 Å². The molecule has 0 saturated carbocycles. The number of carbonyl (C=O) groups excluding carboxylic acids is 2. The second kappa shape index (κ2) is 18.3. The number of hydrogen-bond acceptors (Lipinski definition) is 6. The van der Waals surface area contributed by atoms with Gasteiger partial charge in [-0.3, -0.25) is 4.79 Å². The molecule has 1 atom stereocenters. The fourth-order valence-electron chi connectivity index (χ4n) is 6.94. The van der Waals surface area contributed by atoms with E-state index in [1.54, 1.807) is 25.1 Å². The Morgan fingerprint density at radius 1 is 0.875 bits per heavy atom. The van der Waals surface area contributed by atoms with Crippen LogP contribution in [0.1, 0.15) is 81.9 Å². The number of amides is 2. The molecule has 2 heterocycles. The van der Waals surface area contributed by atoms with E-state index in [0.717, 1.165) is 65.5 Å². The molecule has 4 aromatic carbocycles. The van der Waals surface area contributed by atoms with Crippen molar-refractivity contribution in [1.29, 1.82) is 0 Å². The molecule has 5 aromatic rings. The van der Waals surface area contributed by atoms with E-state index in [-0.39, 0.29) is 31.8 Å². The molecule has 1 aromatic heterocycles. The molecule has 0 spiro atoms. The highest BCUT2D eigenvalue weighted by molar-refractivity contribution is 6.00. The molecule has 0 N–H and O–H groups in total. The minimum atomic E-state index is -0.695. The maximum absolute atomic E-state index is 13.5. The first kappa shape index (κ1) is 40.0. The van der Waals surface area contributed by atoms with Crippen molar-refractivity contribution in [3.63, 3.8) is 0 Å². The van der Waals surface area contributed by atoms with Crippen LogP contribution in [0.4, 0.5) is 4.79 Å². The number of carbonyl (C=O) groups is 2. The molecular formula is C47H54N4O5. The van der Waals surface area contributed by atoms with Gasteiger partial charge in [-0.05, 0) is 110 Å². The van der Waals surface area contributed by atoms with Crippen LogP contribution in [-0.2, 0) is 14.3 Å². The molecule has 1 aliphatic heterocycles. The first-order valence-corrected chi connectivity index (χ1v) is 19.6. The molecule has 0 bridgehead atoms. The third-order valence-corrected chi connectivity index (χ3v) is 9.76. The third kappa shape index (κ3) is 10.1. The zero-order valence-electron chi connectivity index (χ0n) is 33.5. The number of likely N-dealkylation sites (N-methyl/N-ethyl adjacent to an activating group) is 1. The van der Waals surface area contributed by atoms with Gasteiger partial charge in [0, 0.05) is 38.7 Å². The van der Waals surface area contributed by atoms with Crippen LogP contribution in [0.3, 0.4) is 0 Å². The number of allylic oxidation sites excluding steroid dienone is 1. The molecular weight excluding hydrogens is 701 g/mol. The topological polar surface area (TPSA) is 86.1 Å². The largest absolute Gasteiger partial charge is 0.492 e. The van der Waals surface area contributed by atoms with Gasteiger partial charge in [-0.2, -0.15) is 5.10 Å². The second-order valence-electron chi connectivity index (χ2n) is 15.3. The molecule has 9 heteroatoms. The zero-order chi connectivity index (χ0) is 39.7. The highest BCUT2D eigenvalue weighted by atomic mass is 16.6. The first-order valence-electron chi connectivity index (χ1n) is 19.6. The van der Waals surface area contributed by atoms with Gasteiger partial charge >= 0.3 is 6.09 Å². The summed E-state index contributed by atoms with van der Waals surface area (Å²) in [6.07, 6.45) is 7.05. The van der Waals surface area contributed by atoms with Crippen LogP contribution in [0.25, 0.3) is 27.6 Å². The maximum atomic E-state index is 13.5. The molecule has 9 nitrogen and oxygen atoms in total. The van der Waals surface area contributed by atoms with Crippen molar-refractivity contribution in [2.24, 2.45) is 0 Å². The van der Waals surface area contributed by atoms with Gasteiger partial charge in [-0.1, -0.05) is 85.8 Å². The van der Waals surface area contributed by atoms with E-state index in [1.165, 1.54) is 16.0 Å². The molecule has 1 aliphatic rings. The summed E-state index contributed by atoms with van der Waals surface area (Å²) in [5, 5.41) is 5.83. The summed E-state index contributed by atoms with van der Waals surface area (Å²) < 4.78 is 20.2. The van der Waals surface area contributed by atoms with Gasteiger partial charge < -0.3 is 24.0 Å². The van der Waals surface area contributed by atoms with Crippen molar-refractivity contribution in [2.45, 2.75) is 65.2 Å². The molecule has 1 saturated heterocycles. The first-order chi connectivity index (χ1) is 27.0. The summed E-state index contributed by atoms with van der Waals surface area (Å²) >= 11 is 0. The minimum absolute atomic E-state index is 0.0314. The summed E-state index contributed by atoms with van der Waals surface area (Å²) in [6, 6.07) is 34.9. The Balaban J connectivity index is 1.25. The number of rotatable bonds is 13. The molecule has 2 amide bonds.